The highest BCUT2D eigenvalue weighted by Crippen LogP contribution is 2.53. The fraction of sp³-hybridized carbons (Fsp3) is 0.0667. The van der Waals surface area contributed by atoms with Crippen LogP contribution in [0.15, 0.2) is 156 Å². The average molecular weight is 602 g/mol. The van der Waals surface area contributed by atoms with Crippen LogP contribution in [-0.2, 0) is 5.41 Å². The van der Waals surface area contributed by atoms with E-state index in [2.05, 4.69) is 164 Å². The van der Waals surface area contributed by atoms with Crippen molar-refractivity contribution >= 4 is 43.7 Å². The first kappa shape index (κ1) is 26.4. The topological polar surface area (TPSA) is 18.1 Å². The minimum absolute atomic E-state index is 0.176. The van der Waals surface area contributed by atoms with E-state index in [9.17, 15) is 0 Å². The molecule has 222 valence electrons. The minimum atomic E-state index is -0.176. The first-order valence-electron chi connectivity index (χ1n) is 16.4. The maximum Gasteiger partial charge on any atom is 0.135 e. The van der Waals surface area contributed by atoms with Crippen molar-refractivity contribution in [1.29, 1.82) is 0 Å². The number of para-hydroxylation sites is 2. The molecule has 0 atom stereocenters. The van der Waals surface area contributed by atoms with Crippen molar-refractivity contribution in [2.45, 2.75) is 19.3 Å². The summed E-state index contributed by atoms with van der Waals surface area (Å²) in [6, 6.07) is 55.1. The van der Waals surface area contributed by atoms with Crippen LogP contribution in [-0.4, -0.2) is 4.57 Å². The van der Waals surface area contributed by atoms with E-state index in [1.165, 1.54) is 82.8 Å². The van der Waals surface area contributed by atoms with Gasteiger partial charge in [0.1, 0.15) is 11.2 Å². The maximum atomic E-state index is 6.31. The Kier molecular flexibility index (Phi) is 5.37. The summed E-state index contributed by atoms with van der Waals surface area (Å²) >= 11 is 0. The van der Waals surface area contributed by atoms with Crippen molar-refractivity contribution < 1.29 is 4.42 Å². The van der Waals surface area contributed by atoms with Crippen LogP contribution >= 0.6 is 0 Å². The number of hydrogen-bond acceptors (Lipinski definition) is 1. The zero-order valence-electron chi connectivity index (χ0n) is 26.3. The summed E-state index contributed by atoms with van der Waals surface area (Å²) in [5.41, 5.74) is 15.6. The molecule has 47 heavy (non-hydrogen) atoms. The first-order valence-corrected chi connectivity index (χ1v) is 16.4. The van der Waals surface area contributed by atoms with Gasteiger partial charge in [0.25, 0.3) is 0 Å². The predicted octanol–water partition coefficient (Wildman–Crippen LogP) is 12.3. The summed E-state index contributed by atoms with van der Waals surface area (Å²) in [6.07, 6.45) is 0. The maximum absolute atomic E-state index is 6.31. The third-order valence-electron chi connectivity index (χ3n) is 10.4. The molecule has 0 unspecified atom stereocenters. The molecule has 0 amide bonds. The van der Waals surface area contributed by atoms with Gasteiger partial charge in [0.2, 0.25) is 0 Å². The van der Waals surface area contributed by atoms with Crippen molar-refractivity contribution in [3.63, 3.8) is 0 Å². The Hall–Kier alpha value is -5.86. The molecule has 1 aliphatic rings. The number of furan rings is 1. The monoisotopic (exact) mass is 601 g/mol. The highest BCUT2D eigenvalue weighted by molar-refractivity contribution is 6.13. The fourth-order valence-corrected chi connectivity index (χ4v) is 8.17. The van der Waals surface area contributed by atoms with E-state index in [0.717, 1.165) is 11.2 Å². The SMILES string of the molecule is CC1(C)c2cc(-c3ccc4c(c3)c3cc(-c5ccccc5)ccc3n4-c3ccccc3)ccc2-c2ccc3oc4ccccc4c3c21. The predicted molar refractivity (Wildman–Crippen MR) is 196 cm³/mol. The van der Waals surface area contributed by atoms with Crippen molar-refractivity contribution in [2.24, 2.45) is 0 Å². The second kappa shape index (κ2) is 9.57. The van der Waals surface area contributed by atoms with E-state index in [0.29, 0.717) is 0 Å². The first-order chi connectivity index (χ1) is 23.1. The van der Waals surface area contributed by atoms with E-state index in [4.69, 9.17) is 4.42 Å². The number of nitrogens with zero attached hydrogens (tertiary/aromatic N) is 1. The van der Waals surface area contributed by atoms with E-state index in [1.807, 2.05) is 6.07 Å². The van der Waals surface area contributed by atoms with Crippen molar-refractivity contribution in [1.82, 2.24) is 4.57 Å². The van der Waals surface area contributed by atoms with Gasteiger partial charge in [-0.15, -0.1) is 0 Å². The molecular weight excluding hydrogens is 571 g/mol. The zero-order chi connectivity index (χ0) is 31.3. The van der Waals surface area contributed by atoms with Gasteiger partial charge in [-0.25, -0.2) is 0 Å². The molecule has 0 radical (unpaired) electrons. The van der Waals surface area contributed by atoms with Crippen LogP contribution in [0.25, 0.3) is 82.8 Å². The molecule has 0 N–H and O–H groups in total. The molecule has 0 spiro atoms. The third-order valence-corrected chi connectivity index (χ3v) is 10.4. The van der Waals surface area contributed by atoms with Crippen LogP contribution in [0.1, 0.15) is 25.0 Å². The van der Waals surface area contributed by atoms with E-state index in [1.54, 1.807) is 0 Å². The van der Waals surface area contributed by atoms with Crippen LogP contribution in [0.2, 0.25) is 0 Å². The fourth-order valence-electron chi connectivity index (χ4n) is 8.17. The van der Waals surface area contributed by atoms with Gasteiger partial charge in [-0.3, -0.25) is 0 Å². The molecule has 2 heteroatoms. The van der Waals surface area contributed by atoms with Crippen molar-refractivity contribution in [3.05, 3.63) is 163 Å². The Morgan fingerprint density at radius 3 is 1.81 bits per heavy atom. The number of hydrogen-bond donors (Lipinski definition) is 0. The molecule has 2 heterocycles. The molecule has 1 aliphatic carbocycles. The van der Waals surface area contributed by atoms with E-state index in [-0.39, 0.29) is 5.41 Å². The van der Waals surface area contributed by atoms with Crippen molar-refractivity contribution in [2.75, 3.05) is 0 Å². The number of benzene rings is 7. The molecule has 0 bridgehead atoms. The summed E-state index contributed by atoms with van der Waals surface area (Å²) in [6.45, 7) is 4.73. The lowest BCUT2D eigenvalue weighted by molar-refractivity contribution is 0.657. The van der Waals surface area contributed by atoms with Crippen LogP contribution < -0.4 is 0 Å². The van der Waals surface area contributed by atoms with Gasteiger partial charge >= 0.3 is 0 Å². The van der Waals surface area contributed by atoms with Gasteiger partial charge in [0, 0.05) is 32.6 Å². The lowest BCUT2D eigenvalue weighted by atomic mass is 9.80. The number of fused-ring (bicyclic) bond motifs is 10. The Morgan fingerprint density at radius 1 is 0.468 bits per heavy atom. The molecule has 0 saturated heterocycles. The molecule has 9 aromatic rings. The van der Waals surface area contributed by atoms with Crippen LogP contribution in [0.3, 0.4) is 0 Å². The van der Waals surface area contributed by atoms with Crippen molar-refractivity contribution in [3.8, 4) is 39.1 Å². The molecule has 7 aromatic carbocycles. The highest BCUT2D eigenvalue weighted by atomic mass is 16.3. The van der Waals surface area contributed by atoms with Crippen LogP contribution in [0, 0.1) is 0 Å². The standard InChI is InChI=1S/C45H31NO/c1-45(2)38-27-31(17-20-33(38)34-21-24-42-43(44(34)45)35-15-9-10-16-41(35)47-42)30-19-23-40-37(26-30)36-25-29(28-11-5-3-6-12-28)18-22-39(36)46(40)32-13-7-4-8-14-32/h3-27H,1-2H3. The Labute approximate surface area is 273 Å². The van der Waals surface area contributed by atoms with Gasteiger partial charge in [0.05, 0.1) is 11.0 Å². The summed E-state index contributed by atoms with van der Waals surface area (Å²) < 4.78 is 8.70. The molecule has 2 aromatic heterocycles. The lowest BCUT2D eigenvalue weighted by Gasteiger charge is -2.23. The summed E-state index contributed by atoms with van der Waals surface area (Å²) in [7, 11) is 0. The second-order valence-electron chi connectivity index (χ2n) is 13.3. The van der Waals surface area contributed by atoms with Gasteiger partial charge in [-0.2, -0.15) is 0 Å². The smallest absolute Gasteiger partial charge is 0.135 e. The molecule has 0 fully saturated rings. The number of rotatable bonds is 3. The lowest BCUT2D eigenvalue weighted by Crippen LogP contribution is -2.15. The van der Waals surface area contributed by atoms with Gasteiger partial charge in [-0.1, -0.05) is 111 Å². The number of aromatic nitrogens is 1. The van der Waals surface area contributed by atoms with Gasteiger partial charge < -0.3 is 8.98 Å². The zero-order valence-corrected chi connectivity index (χ0v) is 26.3. The van der Waals surface area contributed by atoms with E-state index < -0.39 is 0 Å². The molecule has 0 saturated carbocycles. The minimum Gasteiger partial charge on any atom is -0.456 e. The second-order valence-corrected chi connectivity index (χ2v) is 13.3. The Balaban J connectivity index is 1.17. The van der Waals surface area contributed by atoms with Crippen LogP contribution in [0.4, 0.5) is 0 Å². The average Bonchev–Trinajstić information content (AvgIpc) is 3.73. The summed E-state index contributed by atoms with van der Waals surface area (Å²) in [5, 5.41) is 4.95. The third kappa shape index (κ3) is 3.73. The molecule has 2 nitrogen and oxygen atoms in total. The van der Waals surface area contributed by atoms with Gasteiger partial charge in [0.15, 0.2) is 0 Å². The quantitative estimate of drug-likeness (QED) is 0.197. The Bertz CT molecular complexity index is 2690. The summed E-state index contributed by atoms with van der Waals surface area (Å²) in [5.74, 6) is 0. The van der Waals surface area contributed by atoms with Crippen LogP contribution in [0.5, 0.6) is 0 Å². The normalized spacial score (nSPS) is 13.5. The van der Waals surface area contributed by atoms with Gasteiger partial charge in [-0.05, 0) is 99.1 Å². The molecule has 0 aliphatic heterocycles. The molecule has 10 rings (SSSR count). The summed E-state index contributed by atoms with van der Waals surface area (Å²) in [4.78, 5) is 0. The Morgan fingerprint density at radius 2 is 1.06 bits per heavy atom. The van der Waals surface area contributed by atoms with E-state index >= 15 is 0 Å². The molecular formula is C45H31NO. The highest BCUT2D eigenvalue weighted by Gasteiger charge is 2.38. The largest absolute Gasteiger partial charge is 0.456 e.